The van der Waals surface area contributed by atoms with Gasteiger partial charge in [-0.05, 0) is 25.7 Å². The van der Waals surface area contributed by atoms with Gasteiger partial charge in [0.2, 0.25) is 0 Å². The molecule has 1 aromatic heterocycles. The van der Waals surface area contributed by atoms with Crippen molar-refractivity contribution in [3.05, 3.63) is 11.6 Å². The molecule has 2 aliphatic rings. The number of hydrogen-bond donors (Lipinski definition) is 1. The summed E-state index contributed by atoms with van der Waals surface area (Å²) in [7, 11) is 1.89. The third-order valence-corrected chi connectivity index (χ3v) is 4.17. The first-order valence-corrected chi connectivity index (χ1v) is 6.80. The molecule has 2 atom stereocenters. The van der Waals surface area contributed by atoms with Gasteiger partial charge in [-0.1, -0.05) is 12.8 Å². The molecule has 5 heteroatoms. The third-order valence-electron chi connectivity index (χ3n) is 4.17. The van der Waals surface area contributed by atoms with Gasteiger partial charge in [0.25, 0.3) is 0 Å². The van der Waals surface area contributed by atoms with Crippen LogP contribution in [0.1, 0.15) is 62.0 Å². The van der Waals surface area contributed by atoms with Gasteiger partial charge in [0.05, 0.1) is 5.92 Å². The molecule has 2 unspecified atom stereocenters. The Morgan fingerprint density at radius 1 is 1.28 bits per heavy atom. The van der Waals surface area contributed by atoms with E-state index in [1.54, 1.807) is 4.68 Å². The van der Waals surface area contributed by atoms with E-state index >= 15 is 0 Å². The smallest absolute Gasteiger partial charge is 0.307 e. The summed E-state index contributed by atoms with van der Waals surface area (Å²) in [5.74, 6) is 1.40. The van der Waals surface area contributed by atoms with Crippen LogP contribution in [0.4, 0.5) is 0 Å². The van der Waals surface area contributed by atoms with Crippen molar-refractivity contribution >= 4 is 5.97 Å². The molecule has 1 N–H and O–H groups in total. The zero-order chi connectivity index (χ0) is 12.7. The first-order valence-electron chi connectivity index (χ1n) is 6.80. The Kier molecular flexibility index (Phi) is 2.84. The number of hydrogen-bond acceptors (Lipinski definition) is 3. The minimum atomic E-state index is -0.685. The van der Waals surface area contributed by atoms with Crippen LogP contribution in [0, 0.1) is 5.92 Å². The SMILES string of the molecule is Cn1nc(C2CC2)nc1C1CCCCC1C(=O)O. The van der Waals surface area contributed by atoms with Crippen molar-refractivity contribution in [2.24, 2.45) is 13.0 Å². The summed E-state index contributed by atoms with van der Waals surface area (Å²) >= 11 is 0. The highest BCUT2D eigenvalue weighted by Crippen LogP contribution is 2.41. The van der Waals surface area contributed by atoms with Gasteiger partial charge in [-0.15, -0.1) is 0 Å². The standard InChI is InChI=1S/C13H19N3O2/c1-16-12(14-11(15-16)8-6-7-8)9-4-2-3-5-10(9)13(17)18/h8-10H,2-7H2,1H3,(H,17,18). The average molecular weight is 249 g/mol. The topological polar surface area (TPSA) is 68.0 Å². The van der Waals surface area contributed by atoms with Crippen LogP contribution in [0.25, 0.3) is 0 Å². The molecule has 0 amide bonds. The van der Waals surface area contributed by atoms with Crippen LogP contribution in [0.5, 0.6) is 0 Å². The van der Waals surface area contributed by atoms with E-state index in [9.17, 15) is 9.90 Å². The van der Waals surface area contributed by atoms with E-state index < -0.39 is 5.97 Å². The number of aliphatic carboxylic acids is 1. The van der Waals surface area contributed by atoms with Crippen LogP contribution in [-0.2, 0) is 11.8 Å². The minimum Gasteiger partial charge on any atom is -0.481 e. The lowest BCUT2D eigenvalue weighted by Crippen LogP contribution is -2.27. The highest BCUT2D eigenvalue weighted by atomic mass is 16.4. The van der Waals surface area contributed by atoms with Crippen molar-refractivity contribution in [1.29, 1.82) is 0 Å². The molecule has 0 aliphatic heterocycles. The second-order valence-electron chi connectivity index (χ2n) is 5.56. The number of aryl methyl sites for hydroxylation is 1. The third kappa shape index (κ3) is 2.02. The molecule has 3 rings (SSSR count). The summed E-state index contributed by atoms with van der Waals surface area (Å²) in [5, 5.41) is 13.8. The van der Waals surface area contributed by atoms with Gasteiger partial charge in [0.1, 0.15) is 5.82 Å². The molecule has 1 aromatic rings. The Hall–Kier alpha value is -1.39. The van der Waals surface area contributed by atoms with Crippen molar-refractivity contribution in [1.82, 2.24) is 14.8 Å². The first-order chi connectivity index (χ1) is 8.66. The lowest BCUT2D eigenvalue weighted by Gasteiger charge is -2.27. The molecule has 2 fully saturated rings. The maximum atomic E-state index is 11.3. The zero-order valence-electron chi connectivity index (χ0n) is 10.7. The Balaban J connectivity index is 1.89. The lowest BCUT2D eigenvalue weighted by atomic mass is 9.79. The quantitative estimate of drug-likeness (QED) is 0.890. The van der Waals surface area contributed by atoms with E-state index in [2.05, 4.69) is 10.1 Å². The Morgan fingerprint density at radius 3 is 2.67 bits per heavy atom. The van der Waals surface area contributed by atoms with Gasteiger partial charge in [0, 0.05) is 18.9 Å². The van der Waals surface area contributed by atoms with Crippen molar-refractivity contribution < 1.29 is 9.90 Å². The Morgan fingerprint density at radius 2 is 2.00 bits per heavy atom. The van der Waals surface area contributed by atoms with Gasteiger partial charge >= 0.3 is 5.97 Å². The highest BCUT2D eigenvalue weighted by Gasteiger charge is 2.36. The molecule has 18 heavy (non-hydrogen) atoms. The number of carboxylic acid groups (broad SMARTS) is 1. The van der Waals surface area contributed by atoms with E-state index in [-0.39, 0.29) is 11.8 Å². The minimum absolute atomic E-state index is 0.0428. The number of nitrogens with zero attached hydrogens (tertiary/aromatic N) is 3. The van der Waals surface area contributed by atoms with Gasteiger partial charge < -0.3 is 5.11 Å². The lowest BCUT2D eigenvalue weighted by molar-refractivity contribution is -0.143. The molecule has 0 radical (unpaired) electrons. The predicted molar refractivity (Wildman–Crippen MR) is 65.3 cm³/mol. The Bertz CT molecular complexity index is 465. The number of aromatic nitrogens is 3. The molecule has 0 aromatic carbocycles. The molecular formula is C13H19N3O2. The van der Waals surface area contributed by atoms with Crippen LogP contribution >= 0.6 is 0 Å². The van der Waals surface area contributed by atoms with Crippen molar-refractivity contribution in [2.45, 2.75) is 50.4 Å². The van der Waals surface area contributed by atoms with E-state index in [0.717, 1.165) is 37.3 Å². The maximum Gasteiger partial charge on any atom is 0.307 e. The fraction of sp³-hybridized carbons (Fsp3) is 0.769. The predicted octanol–water partition coefficient (Wildman–Crippen LogP) is 2.05. The molecule has 1 heterocycles. The van der Waals surface area contributed by atoms with Gasteiger partial charge in [-0.3, -0.25) is 9.48 Å². The first kappa shape index (κ1) is 11.7. The molecule has 5 nitrogen and oxygen atoms in total. The molecule has 2 saturated carbocycles. The Labute approximate surface area is 106 Å². The van der Waals surface area contributed by atoms with Crippen LogP contribution in [0.15, 0.2) is 0 Å². The fourth-order valence-corrected chi connectivity index (χ4v) is 2.99. The van der Waals surface area contributed by atoms with E-state index in [0.29, 0.717) is 5.92 Å². The molecule has 98 valence electrons. The van der Waals surface area contributed by atoms with Crippen LogP contribution < -0.4 is 0 Å². The number of rotatable bonds is 3. The van der Waals surface area contributed by atoms with Crippen LogP contribution in [0.3, 0.4) is 0 Å². The second-order valence-corrected chi connectivity index (χ2v) is 5.56. The second kappa shape index (κ2) is 4.37. The summed E-state index contributed by atoms with van der Waals surface area (Å²) < 4.78 is 1.81. The molecule has 0 saturated heterocycles. The highest BCUT2D eigenvalue weighted by molar-refractivity contribution is 5.71. The maximum absolute atomic E-state index is 11.3. The van der Waals surface area contributed by atoms with Gasteiger partial charge in [-0.25, -0.2) is 4.98 Å². The van der Waals surface area contributed by atoms with Gasteiger partial charge in [0.15, 0.2) is 5.82 Å². The summed E-state index contributed by atoms with van der Waals surface area (Å²) in [5.41, 5.74) is 0. The van der Waals surface area contributed by atoms with Crippen molar-refractivity contribution in [3.8, 4) is 0 Å². The van der Waals surface area contributed by atoms with E-state index in [1.165, 1.54) is 12.8 Å². The summed E-state index contributed by atoms with van der Waals surface area (Å²) in [4.78, 5) is 16.0. The summed E-state index contributed by atoms with van der Waals surface area (Å²) in [6, 6.07) is 0. The molecule has 0 bridgehead atoms. The molecular weight excluding hydrogens is 230 g/mol. The number of carbonyl (C=O) groups is 1. The number of carboxylic acids is 1. The monoisotopic (exact) mass is 249 g/mol. The molecule has 0 spiro atoms. The van der Waals surface area contributed by atoms with E-state index in [1.807, 2.05) is 7.05 Å². The van der Waals surface area contributed by atoms with Crippen molar-refractivity contribution in [3.63, 3.8) is 0 Å². The van der Waals surface area contributed by atoms with Crippen LogP contribution in [-0.4, -0.2) is 25.8 Å². The van der Waals surface area contributed by atoms with E-state index in [4.69, 9.17) is 0 Å². The largest absolute Gasteiger partial charge is 0.481 e. The summed E-state index contributed by atoms with van der Waals surface area (Å²) in [6.45, 7) is 0. The summed E-state index contributed by atoms with van der Waals surface area (Å²) in [6.07, 6.45) is 6.16. The van der Waals surface area contributed by atoms with Crippen molar-refractivity contribution in [2.75, 3.05) is 0 Å². The zero-order valence-corrected chi connectivity index (χ0v) is 10.7. The van der Waals surface area contributed by atoms with Gasteiger partial charge in [-0.2, -0.15) is 5.10 Å². The normalized spacial score (nSPS) is 28.3. The molecule has 2 aliphatic carbocycles. The fourth-order valence-electron chi connectivity index (χ4n) is 2.99. The van der Waals surface area contributed by atoms with Crippen LogP contribution in [0.2, 0.25) is 0 Å². The average Bonchev–Trinajstić information content (AvgIpc) is 3.13.